The predicted octanol–water partition coefficient (Wildman–Crippen LogP) is 3.83. The molecule has 1 aromatic carbocycles. The summed E-state index contributed by atoms with van der Waals surface area (Å²) in [5, 5.41) is 3.47. The summed E-state index contributed by atoms with van der Waals surface area (Å²) < 4.78 is 13.6. The van der Waals surface area contributed by atoms with Crippen LogP contribution in [0.15, 0.2) is 18.2 Å². The molecular weight excluding hydrogens is 271 g/mol. The SMILES string of the molecule is CCCNC(C)c1cc(F)ccc1N1CCCSCC1. The molecule has 4 heteroatoms. The number of hydrogen-bond donors (Lipinski definition) is 1. The summed E-state index contributed by atoms with van der Waals surface area (Å²) in [7, 11) is 0. The smallest absolute Gasteiger partial charge is 0.123 e. The predicted molar refractivity (Wildman–Crippen MR) is 87.3 cm³/mol. The first-order valence-electron chi connectivity index (χ1n) is 7.58. The van der Waals surface area contributed by atoms with Crippen molar-refractivity contribution in [1.29, 1.82) is 0 Å². The second-order valence-electron chi connectivity index (χ2n) is 5.33. The molecule has 1 aliphatic rings. The topological polar surface area (TPSA) is 15.3 Å². The third-order valence-electron chi connectivity index (χ3n) is 3.72. The van der Waals surface area contributed by atoms with Gasteiger partial charge in [-0.3, -0.25) is 0 Å². The van der Waals surface area contributed by atoms with Crippen LogP contribution in [0.4, 0.5) is 10.1 Å². The molecule has 2 rings (SSSR count). The summed E-state index contributed by atoms with van der Waals surface area (Å²) >= 11 is 2.01. The molecule has 0 bridgehead atoms. The van der Waals surface area contributed by atoms with Gasteiger partial charge in [0.2, 0.25) is 0 Å². The van der Waals surface area contributed by atoms with Gasteiger partial charge >= 0.3 is 0 Å². The monoisotopic (exact) mass is 296 g/mol. The molecule has 1 fully saturated rings. The van der Waals surface area contributed by atoms with E-state index in [4.69, 9.17) is 0 Å². The highest BCUT2D eigenvalue weighted by Gasteiger charge is 2.17. The van der Waals surface area contributed by atoms with Crippen LogP contribution < -0.4 is 10.2 Å². The van der Waals surface area contributed by atoms with Crippen LogP contribution in [0.2, 0.25) is 0 Å². The van der Waals surface area contributed by atoms with Gasteiger partial charge in [0.05, 0.1) is 0 Å². The van der Waals surface area contributed by atoms with Gasteiger partial charge < -0.3 is 10.2 Å². The van der Waals surface area contributed by atoms with E-state index in [1.165, 1.54) is 17.9 Å². The van der Waals surface area contributed by atoms with Crippen LogP contribution in [-0.4, -0.2) is 31.1 Å². The Bertz CT molecular complexity index is 417. The highest BCUT2D eigenvalue weighted by Crippen LogP contribution is 2.29. The molecule has 1 atom stereocenters. The molecule has 20 heavy (non-hydrogen) atoms. The van der Waals surface area contributed by atoms with E-state index in [1.54, 1.807) is 12.1 Å². The van der Waals surface area contributed by atoms with Crippen molar-refractivity contribution in [3.8, 4) is 0 Å². The average Bonchev–Trinajstić information content (AvgIpc) is 2.73. The number of rotatable bonds is 5. The lowest BCUT2D eigenvalue weighted by Gasteiger charge is -2.28. The van der Waals surface area contributed by atoms with Crippen molar-refractivity contribution < 1.29 is 4.39 Å². The molecule has 1 saturated heterocycles. The summed E-state index contributed by atoms with van der Waals surface area (Å²) in [6, 6.07) is 5.42. The van der Waals surface area contributed by atoms with Crippen LogP contribution in [0.5, 0.6) is 0 Å². The van der Waals surface area contributed by atoms with Gasteiger partial charge in [0.25, 0.3) is 0 Å². The van der Waals surface area contributed by atoms with Crippen LogP contribution in [0.25, 0.3) is 0 Å². The van der Waals surface area contributed by atoms with Gasteiger partial charge in [-0.2, -0.15) is 11.8 Å². The first-order valence-corrected chi connectivity index (χ1v) is 8.73. The summed E-state index contributed by atoms with van der Waals surface area (Å²) in [4.78, 5) is 2.42. The number of halogens is 1. The van der Waals surface area contributed by atoms with E-state index < -0.39 is 0 Å². The third-order valence-corrected chi connectivity index (χ3v) is 4.77. The number of hydrogen-bond acceptors (Lipinski definition) is 3. The van der Waals surface area contributed by atoms with Gasteiger partial charge in [-0.1, -0.05) is 6.92 Å². The highest BCUT2D eigenvalue weighted by molar-refractivity contribution is 7.99. The van der Waals surface area contributed by atoms with Crippen LogP contribution in [0.1, 0.15) is 38.3 Å². The molecule has 0 spiro atoms. The number of nitrogens with one attached hydrogen (secondary N) is 1. The van der Waals surface area contributed by atoms with Crippen molar-refractivity contribution in [3.63, 3.8) is 0 Å². The Labute approximate surface area is 126 Å². The summed E-state index contributed by atoms with van der Waals surface area (Å²) in [6.45, 7) is 7.38. The van der Waals surface area contributed by atoms with E-state index in [-0.39, 0.29) is 11.9 Å². The van der Waals surface area contributed by atoms with Crippen molar-refractivity contribution in [3.05, 3.63) is 29.6 Å². The minimum absolute atomic E-state index is 0.141. The molecule has 112 valence electrons. The van der Waals surface area contributed by atoms with E-state index in [0.29, 0.717) is 0 Å². The molecule has 0 saturated carbocycles. The normalized spacial score (nSPS) is 17.9. The zero-order valence-corrected chi connectivity index (χ0v) is 13.3. The fraction of sp³-hybridized carbons (Fsp3) is 0.625. The molecule has 0 radical (unpaired) electrons. The zero-order valence-electron chi connectivity index (χ0n) is 12.5. The fourth-order valence-electron chi connectivity index (χ4n) is 2.62. The number of thioether (sulfide) groups is 1. The second-order valence-corrected chi connectivity index (χ2v) is 6.56. The third kappa shape index (κ3) is 4.13. The minimum atomic E-state index is -0.141. The summed E-state index contributed by atoms with van der Waals surface area (Å²) in [5.41, 5.74) is 2.29. The van der Waals surface area contributed by atoms with Gasteiger partial charge in [0.15, 0.2) is 0 Å². The maximum Gasteiger partial charge on any atom is 0.123 e. The Balaban J connectivity index is 2.21. The Kier molecular flexibility index (Phi) is 6.17. The first-order chi connectivity index (χ1) is 9.72. The van der Waals surface area contributed by atoms with E-state index >= 15 is 0 Å². The van der Waals surface area contributed by atoms with E-state index in [9.17, 15) is 4.39 Å². The molecule has 1 aromatic rings. The highest BCUT2D eigenvalue weighted by atomic mass is 32.2. The Hall–Kier alpha value is -0.740. The molecule has 1 aliphatic heterocycles. The number of benzene rings is 1. The first kappa shape index (κ1) is 15.6. The molecule has 0 aliphatic carbocycles. The maximum absolute atomic E-state index is 13.6. The quantitative estimate of drug-likeness (QED) is 0.889. The van der Waals surface area contributed by atoms with E-state index in [1.807, 2.05) is 17.8 Å². The average molecular weight is 296 g/mol. The summed E-state index contributed by atoms with van der Waals surface area (Å²) in [6.07, 6.45) is 2.30. The lowest BCUT2D eigenvalue weighted by molar-refractivity contribution is 0.560. The molecule has 1 N–H and O–H groups in total. The van der Waals surface area contributed by atoms with Crippen molar-refractivity contribution in [1.82, 2.24) is 5.32 Å². The van der Waals surface area contributed by atoms with Crippen LogP contribution >= 0.6 is 11.8 Å². The zero-order chi connectivity index (χ0) is 14.4. The van der Waals surface area contributed by atoms with Gasteiger partial charge in [-0.05, 0) is 55.8 Å². The van der Waals surface area contributed by atoms with Gasteiger partial charge in [0.1, 0.15) is 5.82 Å². The Morgan fingerprint density at radius 2 is 2.20 bits per heavy atom. The summed E-state index contributed by atoms with van der Waals surface area (Å²) in [5.74, 6) is 2.25. The molecule has 1 unspecified atom stereocenters. The second kappa shape index (κ2) is 7.89. The number of anilines is 1. The Morgan fingerprint density at radius 3 is 3.00 bits per heavy atom. The molecule has 2 nitrogen and oxygen atoms in total. The van der Waals surface area contributed by atoms with E-state index in [0.717, 1.165) is 37.4 Å². The maximum atomic E-state index is 13.6. The van der Waals surface area contributed by atoms with Gasteiger partial charge in [-0.15, -0.1) is 0 Å². The van der Waals surface area contributed by atoms with Crippen LogP contribution in [0.3, 0.4) is 0 Å². The minimum Gasteiger partial charge on any atom is -0.370 e. The van der Waals surface area contributed by atoms with Crippen molar-refractivity contribution in [2.24, 2.45) is 0 Å². The number of nitrogens with zero attached hydrogens (tertiary/aromatic N) is 1. The molecule has 1 heterocycles. The molecule has 0 aromatic heterocycles. The van der Waals surface area contributed by atoms with Crippen molar-refractivity contribution in [2.75, 3.05) is 36.0 Å². The lowest BCUT2D eigenvalue weighted by Crippen LogP contribution is -2.29. The van der Waals surface area contributed by atoms with Crippen LogP contribution in [-0.2, 0) is 0 Å². The standard InChI is InChI=1S/C16H25FN2S/c1-3-7-18-13(2)15-12-14(17)5-6-16(15)19-8-4-10-20-11-9-19/h5-6,12-13,18H,3-4,7-11H2,1-2H3. The van der Waals surface area contributed by atoms with E-state index in [2.05, 4.69) is 24.1 Å². The Morgan fingerprint density at radius 1 is 1.35 bits per heavy atom. The van der Waals surface area contributed by atoms with Crippen molar-refractivity contribution in [2.45, 2.75) is 32.7 Å². The van der Waals surface area contributed by atoms with Crippen molar-refractivity contribution >= 4 is 17.4 Å². The molecule has 0 amide bonds. The van der Waals surface area contributed by atoms with Gasteiger partial charge in [-0.25, -0.2) is 4.39 Å². The van der Waals surface area contributed by atoms with Crippen LogP contribution in [0, 0.1) is 5.82 Å². The largest absolute Gasteiger partial charge is 0.370 e. The van der Waals surface area contributed by atoms with Gasteiger partial charge in [0, 0.05) is 30.6 Å². The molecular formula is C16H25FN2S. The fourth-order valence-corrected chi connectivity index (χ4v) is 3.50. The lowest BCUT2D eigenvalue weighted by atomic mass is 10.0.